The summed E-state index contributed by atoms with van der Waals surface area (Å²) in [5.74, 6) is 0.0993. The highest BCUT2D eigenvalue weighted by molar-refractivity contribution is 6.31. The molecule has 1 aliphatic rings. The molecule has 1 aromatic carbocycles. The summed E-state index contributed by atoms with van der Waals surface area (Å²) in [4.78, 5) is 18.6. The van der Waals surface area contributed by atoms with Crippen LogP contribution in [0.1, 0.15) is 34.5 Å². The van der Waals surface area contributed by atoms with Gasteiger partial charge in [-0.05, 0) is 25.1 Å². The second-order valence-electron chi connectivity index (χ2n) is 5.47. The number of rotatable bonds is 3. The minimum atomic E-state index is -0.606. The molecule has 1 amide bonds. The van der Waals surface area contributed by atoms with Gasteiger partial charge in [0.05, 0.1) is 17.7 Å². The summed E-state index contributed by atoms with van der Waals surface area (Å²) in [6, 6.07) is 3.56. The topological polar surface area (TPSA) is 71.1 Å². The second-order valence-corrected chi connectivity index (χ2v) is 5.91. The molecule has 2 aromatic rings. The molecule has 0 saturated carbocycles. The van der Waals surface area contributed by atoms with Gasteiger partial charge in [-0.25, -0.2) is 9.37 Å². The van der Waals surface area contributed by atoms with E-state index in [1.807, 2.05) is 0 Å². The van der Waals surface area contributed by atoms with Crippen molar-refractivity contribution in [2.75, 3.05) is 13.7 Å². The van der Waals surface area contributed by atoms with E-state index in [4.69, 9.17) is 16.3 Å². The molecule has 0 unspecified atom stereocenters. The second kappa shape index (κ2) is 6.25. The van der Waals surface area contributed by atoms with Gasteiger partial charge >= 0.3 is 0 Å². The Bertz CT molecular complexity index is 736. The summed E-state index contributed by atoms with van der Waals surface area (Å²) in [6.45, 7) is 2.13. The first-order chi connectivity index (χ1) is 11.0. The van der Waals surface area contributed by atoms with Crippen molar-refractivity contribution in [3.63, 3.8) is 0 Å². The summed E-state index contributed by atoms with van der Waals surface area (Å²) in [7, 11) is 1.58. The van der Waals surface area contributed by atoms with Gasteiger partial charge in [0.2, 0.25) is 0 Å². The molecule has 3 rings (SSSR count). The van der Waals surface area contributed by atoms with Crippen molar-refractivity contribution in [1.29, 1.82) is 0 Å². The van der Waals surface area contributed by atoms with E-state index in [-0.39, 0.29) is 17.7 Å². The third-order valence-electron chi connectivity index (χ3n) is 3.93. The molecule has 1 fully saturated rings. The number of nitrogens with one attached hydrogen (secondary N) is 1. The van der Waals surface area contributed by atoms with Gasteiger partial charge in [0.15, 0.2) is 5.82 Å². The average molecular weight is 339 g/mol. The number of amides is 1. The first-order valence-electron chi connectivity index (χ1n) is 7.17. The van der Waals surface area contributed by atoms with Crippen LogP contribution in [0.2, 0.25) is 5.02 Å². The van der Waals surface area contributed by atoms with Crippen molar-refractivity contribution in [3.05, 3.63) is 46.3 Å². The first-order valence-corrected chi connectivity index (χ1v) is 7.55. The van der Waals surface area contributed by atoms with Gasteiger partial charge in [-0.15, -0.1) is 0 Å². The predicted octanol–water partition coefficient (Wildman–Crippen LogP) is 2.51. The maximum atomic E-state index is 14.0. The third-order valence-corrected chi connectivity index (χ3v) is 4.16. The van der Waals surface area contributed by atoms with E-state index >= 15 is 0 Å². The lowest BCUT2D eigenvalue weighted by Gasteiger charge is -2.22. The number of benzene rings is 1. The lowest BCUT2D eigenvalue weighted by atomic mass is 10.1. The van der Waals surface area contributed by atoms with Gasteiger partial charge in [-0.2, -0.15) is 5.10 Å². The number of methoxy groups -OCH3 is 1. The maximum absolute atomic E-state index is 14.0. The fourth-order valence-corrected chi connectivity index (χ4v) is 2.93. The van der Waals surface area contributed by atoms with Crippen LogP contribution in [-0.2, 0) is 4.74 Å². The average Bonchev–Trinajstić information content (AvgIpc) is 3.14. The molecule has 2 atom stereocenters. The number of halogens is 2. The van der Waals surface area contributed by atoms with Gasteiger partial charge < -0.3 is 9.64 Å². The normalized spacial score (nSPS) is 21.0. The molecule has 1 aliphatic heterocycles. The van der Waals surface area contributed by atoms with E-state index in [0.29, 0.717) is 29.6 Å². The molecule has 122 valence electrons. The molecule has 2 heterocycles. The summed E-state index contributed by atoms with van der Waals surface area (Å²) in [6.07, 6.45) is 0.409. The minimum Gasteiger partial charge on any atom is -0.380 e. The van der Waals surface area contributed by atoms with Crippen LogP contribution in [0.15, 0.2) is 18.2 Å². The number of ether oxygens (including phenoxy) is 1. The van der Waals surface area contributed by atoms with Gasteiger partial charge in [-0.3, -0.25) is 9.89 Å². The molecule has 0 spiro atoms. The van der Waals surface area contributed by atoms with E-state index in [1.165, 1.54) is 23.1 Å². The molecule has 1 aromatic heterocycles. The SMILES string of the molecule is CO[C@H]1C[C@@H](c2n[nH]c(C)n2)N(C(=O)c2cc(Cl)ccc2F)C1. The van der Waals surface area contributed by atoms with Gasteiger partial charge in [-0.1, -0.05) is 11.6 Å². The van der Waals surface area contributed by atoms with Crippen molar-refractivity contribution in [1.82, 2.24) is 20.1 Å². The predicted molar refractivity (Wildman–Crippen MR) is 81.7 cm³/mol. The Balaban J connectivity index is 1.94. The number of aryl methyl sites for hydroxylation is 1. The van der Waals surface area contributed by atoms with Crippen LogP contribution >= 0.6 is 11.6 Å². The molecule has 8 heteroatoms. The summed E-state index contributed by atoms with van der Waals surface area (Å²) in [5.41, 5.74) is -0.0634. The zero-order valence-corrected chi connectivity index (χ0v) is 13.5. The summed E-state index contributed by atoms with van der Waals surface area (Å²) in [5, 5.41) is 7.20. The smallest absolute Gasteiger partial charge is 0.257 e. The zero-order valence-electron chi connectivity index (χ0n) is 12.7. The fourth-order valence-electron chi connectivity index (χ4n) is 2.76. The van der Waals surface area contributed by atoms with Gasteiger partial charge in [0.1, 0.15) is 11.6 Å². The molecule has 6 nitrogen and oxygen atoms in total. The number of H-pyrrole nitrogens is 1. The van der Waals surface area contributed by atoms with Crippen molar-refractivity contribution in [3.8, 4) is 0 Å². The quantitative estimate of drug-likeness (QED) is 0.933. The number of likely N-dealkylation sites (tertiary alicyclic amines) is 1. The van der Waals surface area contributed by atoms with Crippen LogP contribution in [0, 0.1) is 12.7 Å². The van der Waals surface area contributed by atoms with E-state index < -0.39 is 11.7 Å². The number of nitrogens with zero attached hydrogens (tertiary/aromatic N) is 3. The van der Waals surface area contributed by atoms with Crippen molar-refractivity contribution >= 4 is 17.5 Å². The summed E-state index contributed by atoms with van der Waals surface area (Å²) >= 11 is 5.89. The zero-order chi connectivity index (χ0) is 16.6. The first kappa shape index (κ1) is 15.9. The molecule has 0 bridgehead atoms. The number of aromatic nitrogens is 3. The molecular weight excluding hydrogens is 323 g/mol. The Morgan fingerprint density at radius 1 is 1.52 bits per heavy atom. The lowest BCUT2D eigenvalue weighted by molar-refractivity contribution is 0.0680. The van der Waals surface area contributed by atoms with Crippen LogP contribution in [0.3, 0.4) is 0 Å². The highest BCUT2D eigenvalue weighted by Crippen LogP contribution is 2.33. The molecule has 0 radical (unpaired) electrons. The lowest BCUT2D eigenvalue weighted by Crippen LogP contribution is -2.33. The van der Waals surface area contributed by atoms with Gasteiger partial charge in [0, 0.05) is 25.1 Å². The maximum Gasteiger partial charge on any atom is 0.257 e. The minimum absolute atomic E-state index is 0.0634. The number of hydrogen-bond donors (Lipinski definition) is 1. The van der Waals surface area contributed by atoms with Gasteiger partial charge in [0.25, 0.3) is 5.91 Å². The van der Waals surface area contributed by atoms with E-state index in [0.717, 1.165) is 0 Å². The van der Waals surface area contributed by atoms with Crippen LogP contribution in [-0.4, -0.2) is 45.7 Å². The Hall–Kier alpha value is -1.99. The molecular formula is C15H16ClFN4O2. The monoisotopic (exact) mass is 338 g/mol. The summed E-state index contributed by atoms with van der Waals surface area (Å²) < 4.78 is 19.4. The number of carbonyl (C=O) groups is 1. The Kier molecular flexibility index (Phi) is 4.32. The molecule has 1 N–H and O–H groups in total. The highest BCUT2D eigenvalue weighted by Gasteiger charge is 2.39. The number of aromatic amines is 1. The van der Waals surface area contributed by atoms with Crippen LogP contribution < -0.4 is 0 Å². The standard InChI is InChI=1S/C15H16ClFN4O2/c1-8-18-14(20-19-8)13-6-10(23-2)7-21(13)15(22)11-5-9(16)3-4-12(11)17/h3-5,10,13H,6-7H2,1-2H3,(H,18,19,20)/t10-,13-/m0/s1. The molecule has 23 heavy (non-hydrogen) atoms. The van der Waals surface area contributed by atoms with E-state index in [9.17, 15) is 9.18 Å². The Morgan fingerprint density at radius 3 is 2.96 bits per heavy atom. The highest BCUT2D eigenvalue weighted by atomic mass is 35.5. The number of carbonyl (C=O) groups excluding carboxylic acids is 1. The van der Waals surface area contributed by atoms with E-state index in [2.05, 4.69) is 15.2 Å². The van der Waals surface area contributed by atoms with Crippen molar-refractivity contribution < 1.29 is 13.9 Å². The van der Waals surface area contributed by atoms with Crippen LogP contribution in [0.4, 0.5) is 4.39 Å². The largest absolute Gasteiger partial charge is 0.380 e. The number of hydrogen-bond acceptors (Lipinski definition) is 4. The van der Waals surface area contributed by atoms with Crippen LogP contribution in [0.25, 0.3) is 0 Å². The van der Waals surface area contributed by atoms with E-state index in [1.54, 1.807) is 14.0 Å². The van der Waals surface area contributed by atoms with Crippen LogP contribution in [0.5, 0.6) is 0 Å². The Labute approximate surface area is 137 Å². The molecule has 1 saturated heterocycles. The Morgan fingerprint density at radius 2 is 2.30 bits per heavy atom. The fraction of sp³-hybridized carbons (Fsp3) is 0.400. The van der Waals surface area contributed by atoms with Crippen molar-refractivity contribution in [2.45, 2.75) is 25.5 Å². The molecule has 0 aliphatic carbocycles. The van der Waals surface area contributed by atoms with Crippen molar-refractivity contribution in [2.24, 2.45) is 0 Å². The third kappa shape index (κ3) is 3.07.